The smallest absolute Gasteiger partial charge is 0.328 e. The first-order valence-electron chi connectivity index (χ1n) is 6.43. The van der Waals surface area contributed by atoms with Gasteiger partial charge in [-0.2, -0.15) is 11.8 Å². The van der Waals surface area contributed by atoms with E-state index in [9.17, 15) is 4.79 Å². The van der Waals surface area contributed by atoms with Gasteiger partial charge in [0.25, 0.3) is 0 Å². The highest BCUT2D eigenvalue weighted by Crippen LogP contribution is 2.22. The quantitative estimate of drug-likeness (QED) is 0.840. The molecule has 1 aliphatic rings. The molecule has 1 aromatic carbocycles. The summed E-state index contributed by atoms with van der Waals surface area (Å²) in [4.78, 5) is 12.9. The van der Waals surface area contributed by atoms with Crippen LogP contribution in [-0.2, 0) is 11.3 Å². The molecule has 1 aromatic rings. The molecule has 1 saturated heterocycles. The zero-order valence-corrected chi connectivity index (χ0v) is 11.9. The van der Waals surface area contributed by atoms with Gasteiger partial charge in [0.2, 0.25) is 0 Å². The minimum atomic E-state index is -0.912. The van der Waals surface area contributed by atoms with Crippen LogP contribution in [-0.4, -0.2) is 40.6 Å². The van der Waals surface area contributed by atoms with Crippen molar-refractivity contribution >= 4 is 23.8 Å². The molecule has 1 N–H and O–H groups in total. The topological polar surface area (TPSA) is 40.5 Å². The number of hydrogen-bond acceptors (Lipinski definition) is 3. The summed E-state index contributed by atoms with van der Waals surface area (Å²) in [6.07, 6.45) is 4.08. The average molecular weight is 277 g/mol. The second kappa shape index (κ2) is 6.78. The molecule has 1 heterocycles. The molecule has 1 fully saturated rings. The molecular formula is C15H19NO2S. The van der Waals surface area contributed by atoms with Crippen molar-refractivity contribution in [2.45, 2.75) is 19.0 Å². The summed E-state index contributed by atoms with van der Waals surface area (Å²) in [5.74, 6) is 1.57. The second-order valence-electron chi connectivity index (χ2n) is 4.85. The predicted molar refractivity (Wildman–Crippen MR) is 80.3 cm³/mol. The molecule has 0 radical (unpaired) electrons. The summed E-state index contributed by atoms with van der Waals surface area (Å²) in [6.45, 7) is 0.917. The summed E-state index contributed by atoms with van der Waals surface area (Å²) in [5, 5.41) is 8.64. The Hall–Kier alpha value is -1.26. The third-order valence-electron chi connectivity index (χ3n) is 3.33. The van der Waals surface area contributed by atoms with Crippen LogP contribution in [0.5, 0.6) is 0 Å². The molecule has 0 amide bonds. The predicted octanol–water partition coefficient (Wildman–Crippen LogP) is 2.72. The molecule has 1 aliphatic heterocycles. The van der Waals surface area contributed by atoms with Crippen molar-refractivity contribution in [1.82, 2.24) is 4.90 Å². The van der Waals surface area contributed by atoms with Crippen LogP contribution in [0, 0.1) is 0 Å². The fourth-order valence-corrected chi connectivity index (χ4v) is 3.55. The largest absolute Gasteiger partial charge is 0.478 e. The van der Waals surface area contributed by atoms with Crippen molar-refractivity contribution in [3.63, 3.8) is 0 Å². The Morgan fingerprint density at radius 2 is 2.42 bits per heavy atom. The first kappa shape index (κ1) is 14.2. The second-order valence-corrected chi connectivity index (χ2v) is 6.00. The summed E-state index contributed by atoms with van der Waals surface area (Å²) < 4.78 is 0. The molecule has 0 spiro atoms. The normalized spacial score (nSPS) is 19.4. The number of hydrogen-bond donors (Lipinski definition) is 1. The maximum atomic E-state index is 10.5. The van der Waals surface area contributed by atoms with Crippen LogP contribution in [0.4, 0.5) is 0 Å². The van der Waals surface area contributed by atoms with Crippen LogP contribution in [0.1, 0.15) is 17.5 Å². The van der Waals surface area contributed by atoms with Crippen molar-refractivity contribution in [2.75, 3.05) is 18.6 Å². The molecule has 4 heteroatoms. The molecule has 102 valence electrons. The van der Waals surface area contributed by atoms with Gasteiger partial charge >= 0.3 is 5.97 Å². The molecule has 1 atom stereocenters. The minimum absolute atomic E-state index is 0.670. The van der Waals surface area contributed by atoms with Gasteiger partial charge in [-0.15, -0.1) is 0 Å². The van der Waals surface area contributed by atoms with E-state index in [4.69, 9.17) is 5.11 Å². The lowest BCUT2D eigenvalue weighted by Crippen LogP contribution is -2.30. The Kier molecular flexibility index (Phi) is 5.05. The van der Waals surface area contributed by atoms with Crippen molar-refractivity contribution in [1.29, 1.82) is 0 Å². The van der Waals surface area contributed by atoms with E-state index in [2.05, 4.69) is 24.1 Å². The minimum Gasteiger partial charge on any atom is -0.478 e. The molecule has 0 saturated carbocycles. The Labute approximate surface area is 118 Å². The van der Waals surface area contributed by atoms with Crippen LogP contribution < -0.4 is 0 Å². The molecular weight excluding hydrogens is 258 g/mol. The highest BCUT2D eigenvalue weighted by atomic mass is 32.2. The molecule has 0 aliphatic carbocycles. The van der Waals surface area contributed by atoms with Crippen molar-refractivity contribution in [3.8, 4) is 0 Å². The summed E-state index contributed by atoms with van der Waals surface area (Å²) in [5.41, 5.74) is 2.17. The van der Waals surface area contributed by atoms with E-state index in [0.717, 1.165) is 12.1 Å². The SMILES string of the molecule is CN(Cc1cccc(C=CC(=O)O)c1)C1CCSC1. The molecule has 3 nitrogen and oxygen atoms in total. The van der Waals surface area contributed by atoms with Crippen LogP contribution in [0.2, 0.25) is 0 Å². The van der Waals surface area contributed by atoms with Crippen LogP contribution in [0.15, 0.2) is 30.3 Å². The van der Waals surface area contributed by atoms with Crippen LogP contribution >= 0.6 is 11.8 Å². The van der Waals surface area contributed by atoms with Crippen molar-refractivity contribution < 1.29 is 9.90 Å². The van der Waals surface area contributed by atoms with Gasteiger partial charge in [0.1, 0.15) is 0 Å². The molecule has 2 rings (SSSR count). The van der Waals surface area contributed by atoms with Gasteiger partial charge in [0.05, 0.1) is 0 Å². The van der Waals surface area contributed by atoms with Gasteiger partial charge < -0.3 is 5.11 Å². The molecule has 0 bridgehead atoms. The van der Waals surface area contributed by atoms with E-state index >= 15 is 0 Å². The standard InChI is InChI=1S/C15H19NO2S/c1-16(14-7-8-19-11-14)10-13-4-2-3-12(9-13)5-6-15(17)18/h2-6,9,14H,7-8,10-11H2,1H3,(H,17,18). The van der Waals surface area contributed by atoms with E-state index in [-0.39, 0.29) is 0 Å². The van der Waals surface area contributed by atoms with Gasteiger partial charge in [-0.25, -0.2) is 4.79 Å². The fraction of sp³-hybridized carbons (Fsp3) is 0.400. The summed E-state index contributed by atoms with van der Waals surface area (Å²) >= 11 is 2.02. The molecule has 1 unspecified atom stereocenters. The summed E-state index contributed by atoms with van der Waals surface area (Å²) in [6, 6.07) is 8.72. The van der Waals surface area contributed by atoms with Gasteiger partial charge in [-0.1, -0.05) is 24.3 Å². The first-order chi connectivity index (χ1) is 9.15. The number of carboxylic acid groups (broad SMARTS) is 1. The zero-order valence-electron chi connectivity index (χ0n) is 11.1. The Morgan fingerprint density at radius 1 is 1.58 bits per heavy atom. The number of thioether (sulfide) groups is 1. The Balaban J connectivity index is 2.00. The van der Waals surface area contributed by atoms with Crippen molar-refractivity contribution in [3.05, 3.63) is 41.5 Å². The molecule has 0 aromatic heterocycles. The highest BCUT2D eigenvalue weighted by Gasteiger charge is 2.19. The highest BCUT2D eigenvalue weighted by molar-refractivity contribution is 7.99. The van der Waals surface area contributed by atoms with Gasteiger partial charge in [-0.05, 0) is 36.4 Å². The number of benzene rings is 1. The lowest BCUT2D eigenvalue weighted by molar-refractivity contribution is -0.131. The van der Waals surface area contributed by atoms with E-state index in [1.807, 2.05) is 23.9 Å². The van der Waals surface area contributed by atoms with Crippen LogP contribution in [0.25, 0.3) is 6.08 Å². The maximum absolute atomic E-state index is 10.5. The first-order valence-corrected chi connectivity index (χ1v) is 7.58. The van der Waals surface area contributed by atoms with E-state index in [0.29, 0.717) is 6.04 Å². The van der Waals surface area contributed by atoms with Gasteiger partial charge in [0, 0.05) is 24.4 Å². The lowest BCUT2D eigenvalue weighted by Gasteiger charge is -2.23. The number of aliphatic carboxylic acids is 1. The monoisotopic (exact) mass is 277 g/mol. The van der Waals surface area contributed by atoms with Crippen LogP contribution in [0.3, 0.4) is 0 Å². The Morgan fingerprint density at radius 3 is 3.11 bits per heavy atom. The fourth-order valence-electron chi connectivity index (χ4n) is 2.25. The zero-order chi connectivity index (χ0) is 13.7. The molecule has 19 heavy (non-hydrogen) atoms. The lowest BCUT2D eigenvalue weighted by atomic mass is 10.1. The number of rotatable bonds is 5. The average Bonchev–Trinajstić information content (AvgIpc) is 2.91. The third-order valence-corrected chi connectivity index (χ3v) is 4.48. The number of nitrogens with zero attached hydrogens (tertiary/aromatic N) is 1. The van der Waals surface area contributed by atoms with E-state index < -0.39 is 5.97 Å². The maximum Gasteiger partial charge on any atom is 0.328 e. The van der Waals surface area contributed by atoms with Crippen molar-refractivity contribution in [2.24, 2.45) is 0 Å². The van der Waals surface area contributed by atoms with Gasteiger partial charge in [-0.3, -0.25) is 4.90 Å². The number of carbonyl (C=O) groups is 1. The van der Waals surface area contributed by atoms with E-state index in [1.165, 1.54) is 29.6 Å². The number of carboxylic acids is 1. The third kappa shape index (κ3) is 4.40. The van der Waals surface area contributed by atoms with Gasteiger partial charge in [0.15, 0.2) is 0 Å². The van der Waals surface area contributed by atoms with E-state index in [1.54, 1.807) is 6.08 Å². The Bertz CT molecular complexity index is 467. The summed E-state index contributed by atoms with van der Waals surface area (Å²) in [7, 11) is 2.16.